The number of pyridine rings is 1. The maximum absolute atomic E-state index is 12.3. The molecule has 0 bridgehead atoms. The molecule has 1 rings (SSSR count). The number of aliphatic carboxylic acids is 1. The maximum atomic E-state index is 12.3. The molecule has 1 aromatic rings. The molecule has 0 saturated heterocycles. The predicted octanol–water partition coefficient (Wildman–Crippen LogP) is 0.987. The lowest BCUT2D eigenvalue weighted by molar-refractivity contribution is -0.141. The number of nitrogens with one attached hydrogen (secondary N) is 2. The van der Waals surface area contributed by atoms with Gasteiger partial charge in [0.25, 0.3) is 11.5 Å². The van der Waals surface area contributed by atoms with Gasteiger partial charge in [0.05, 0.1) is 0 Å². The van der Waals surface area contributed by atoms with Crippen molar-refractivity contribution in [1.29, 1.82) is 0 Å². The van der Waals surface area contributed by atoms with E-state index in [0.717, 1.165) is 0 Å². The van der Waals surface area contributed by atoms with Crippen molar-refractivity contribution in [3.05, 3.63) is 33.7 Å². The van der Waals surface area contributed by atoms with Gasteiger partial charge in [0.15, 0.2) is 0 Å². The van der Waals surface area contributed by atoms with E-state index in [1.54, 1.807) is 0 Å². The molecule has 110 valence electrons. The number of carboxylic acids is 1. The minimum atomic E-state index is -4.73. The molecule has 3 N–H and O–H groups in total. The molecule has 0 radical (unpaired) electrons. The molecule has 1 atom stereocenters. The summed E-state index contributed by atoms with van der Waals surface area (Å²) in [5.74, 6) is -2.35. The Balaban J connectivity index is 3.01. The van der Waals surface area contributed by atoms with E-state index in [0.29, 0.717) is 12.1 Å². The van der Waals surface area contributed by atoms with Crippen LogP contribution in [0.4, 0.5) is 13.2 Å². The first-order valence-electron chi connectivity index (χ1n) is 5.51. The molecule has 20 heavy (non-hydrogen) atoms. The summed E-state index contributed by atoms with van der Waals surface area (Å²) in [6.45, 7) is 1.50. The summed E-state index contributed by atoms with van der Waals surface area (Å²) >= 11 is 0. The first-order chi connectivity index (χ1) is 9.16. The molecule has 0 aliphatic heterocycles. The third kappa shape index (κ3) is 3.59. The summed E-state index contributed by atoms with van der Waals surface area (Å²) in [6, 6.07) is 0.0213. The highest BCUT2D eigenvalue weighted by atomic mass is 19.4. The number of carbonyl (C=O) groups is 2. The number of rotatable bonds is 4. The van der Waals surface area contributed by atoms with Gasteiger partial charge in [0.2, 0.25) is 0 Å². The van der Waals surface area contributed by atoms with Crippen LogP contribution in [0, 0.1) is 0 Å². The normalized spacial score (nSPS) is 12.8. The second kappa shape index (κ2) is 5.76. The van der Waals surface area contributed by atoms with Crippen LogP contribution >= 0.6 is 0 Å². The zero-order chi connectivity index (χ0) is 15.5. The zero-order valence-corrected chi connectivity index (χ0v) is 10.2. The molecule has 1 aromatic heterocycles. The number of alkyl halides is 3. The Morgan fingerprint density at radius 2 is 2.00 bits per heavy atom. The van der Waals surface area contributed by atoms with Crippen molar-refractivity contribution in [2.45, 2.75) is 25.6 Å². The van der Waals surface area contributed by atoms with Crippen LogP contribution in [-0.4, -0.2) is 28.0 Å². The number of aromatic amines is 1. The van der Waals surface area contributed by atoms with Gasteiger partial charge in [-0.3, -0.25) is 9.59 Å². The molecule has 1 unspecified atom stereocenters. The highest BCUT2D eigenvalue weighted by molar-refractivity contribution is 5.96. The van der Waals surface area contributed by atoms with E-state index < -0.39 is 40.9 Å². The molecule has 0 aliphatic rings. The Bertz CT molecular complexity index is 580. The van der Waals surface area contributed by atoms with Gasteiger partial charge in [-0.1, -0.05) is 6.92 Å². The second-order valence-corrected chi connectivity index (χ2v) is 3.89. The average Bonchev–Trinajstić information content (AvgIpc) is 2.33. The lowest BCUT2D eigenvalue weighted by Crippen LogP contribution is -2.42. The Morgan fingerprint density at radius 3 is 2.40 bits per heavy atom. The largest absolute Gasteiger partial charge is 0.480 e. The third-order valence-corrected chi connectivity index (χ3v) is 2.47. The molecule has 0 aliphatic carbocycles. The van der Waals surface area contributed by atoms with Crippen LogP contribution < -0.4 is 10.9 Å². The van der Waals surface area contributed by atoms with E-state index in [2.05, 4.69) is 0 Å². The number of hydrogen-bond donors (Lipinski definition) is 3. The first kappa shape index (κ1) is 15.7. The average molecular weight is 292 g/mol. The van der Waals surface area contributed by atoms with E-state index in [1.165, 1.54) is 11.9 Å². The van der Waals surface area contributed by atoms with E-state index in [9.17, 15) is 27.6 Å². The topological polar surface area (TPSA) is 99.3 Å². The van der Waals surface area contributed by atoms with Gasteiger partial charge in [-0.05, 0) is 18.6 Å². The van der Waals surface area contributed by atoms with Crippen molar-refractivity contribution in [2.24, 2.45) is 0 Å². The highest BCUT2D eigenvalue weighted by Crippen LogP contribution is 2.26. The fraction of sp³-hybridized carbons (Fsp3) is 0.364. The standard InChI is InChI=1S/C11H11F3N2O4/c1-2-6(10(19)20)15-8(17)5-3-4-7(11(12,13)14)16-9(5)18/h3-4,6H,2H2,1H3,(H,15,17)(H,16,18)(H,19,20). The number of aromatic nitrogens is 1. The summed E-state index contributed by atoms with van der Waals surface area (Å²) in [5.41, 5.74) is -3.11. The zero-order valence-electron chi connectivity index (χ0n) is 10.2. The van der Waals surface area contributed by atoms with Gasteiger partial charge in [-0.2, -0.15) is 13.2 Å². The van der Waals surface area contributed by atoms with Crippen LogP contribution in [0.1, 0.15) is 29.4 Å². The SMILES string of the molecule is CCC(NC(=O)c1ccc(C(F)(F)F)[nH]c1=O)C(=O)O. The Morgan fingerprint density at radius 1 is 1.40 bits per heavy atom. The Labute approximate surface area is 110 Å². The summed E-state index contributed by atoms with van der Waals surface area (Å²) in [7, 11) is 0. The van der Waals surface area contributed by atoms with Gasteiger partial charge in [-0.25, -0.2) is 4.79 Å². The number of amides is 1. The molecule has 0 saturated carbocycles. The van der Waals surface area contributed by atoms with Gasteiger partial charge in [-0.15, -0.1) is 0 Å². The van der Waals surface area contributed by atoms with E-state index in [-0.39, 0.29) is 6.42 Å². The summed E-state index contributed by atoms with van der Waals surface area (Å²) in [4.78, 5) is 35.3. The van der Waals surface area contributed by atoms with Crippen LogP contribution in [-0.2, 0) is 11.0 Å². The fourth-order valence-electron chi connectivity index (χ4n) is 1.39. The highest BCUT2D eigenvalue weighted by Gasteiger charge is 2.32. The van der Waals surface area contributed by atoms with E-state index in [1.807, 2.05) is 5.32 Å². The van der Waals surface area contributed by atoms with Crippen LogP contribution in [0.5, 0.6) is 0 Å². The fourth-order valence-corrected chi connectivity index (χ4v) is 1.39. The minimum absolute atomic E-state index is 0.0691. The molecule has 1 heterocycles. The van der Waals surface area contributed by atoms with Gasteiger partial charge < -0.3 is 15.4 Å². The molecule has 0 spiro atoms. The summed E-state index contributed by atoms with van der Waals surface area (Å²) in [6.07, 6.45) is -4.67. The molecule has 9 heteroatoms. The molecule has 0 fully saturated rings. The lowest BCUT2D eigenvalue weighted by atomic mass is 10.2. The van der Waals surface area contributed by atoms with Crippen LogP contribution in [0.15, 0.2) is 16.9 Å². The Hall–Kier alpha value is -2.32. The number of carboxylic acid groups (broad SMARTS) is 1. The minimum Gasteiger partial charge on any atom is -0.480 e. The van der Waals surface area contributed by atoms with Crippen LogP contribution in [0.25, 0.3) is 0 Å². The third-order valence-electron chi connectivity index (χ3n) is 2.47. The summed E-state index contributed by atoms with van der Waals surface area (Å²) in [5, 5.41) is 10.8. The quantitative estimate of drug-likeness (QED) is 0.770. The smallest absolute Gasteiger partial charge is 0.431 e. The summed E-state index contributed by atoms with van der Waals surface area (Å²) < 4.78 is 37.0. The Kier molecular flexibility index (Phi) is 4.53. The molecule has 0 aromatic carbocycles. The molecule has 1 amide bonds. The van der Waals surface area contributed by atoms with E-state index >= 15 is 0 Å². The van der Waals surface area contributed by atoms with Crippen LogP contribution in [0.2, 0.25) is 0 Å². The van der Waals surface area contributed by atoms with Gasteiger partial charge in [0, 0.05) is 0 Å². The van der Waals surface area contributed by atoms with Gasteiger partial charge >= 0.3 is 12.1 Å². The predicted molar refractivity (Wildman–Crippen MR) is 61.2 cm³/mol. The van der Waals surface area contributed by atoms with Gasteiger partial charge in [0.1, 0.15) is 17.3 Å². The first-order valence-corrected chi connectivity index (χ1v) is 5.51. The monoisotopic (exact) mass is 292 g/mol. The molecular formula is C11H11F3N2O4. The number of hydrogen-bond acceptors (Lipinski definition) is 3. The van der Waals surface area contributed by atoms with Crippen molar-refractivity contribution in [3.8, 4) is 0 Å². The van der Waals surface area contributed by atoms with Crippen molar-refractivity contribution in [3.63, 3.8) is 0 Å². The molecular weight excluding hydrogens is 281 g/mol. The van der Waals surface area contributed by atoms with Crippen LogP contribution in [0.3, 0.4) is 0 Å². The van der Waals surface area contributed by atoms with Crippen molar-refractivity contribution < 1.29 is 27.9 Å². The van der Waals surface area contributed by atoms with Crippen molar-refractivity contribution in [2.75, 3.05) is 0 Å². The number of H-pyrrole nitrogens is 1. The number of halogens is 3. The lowest BCUT2D eigenvalue weighted by Gasteiger charge is -2.12. The second-order valence-electron chi connectivity index (χ2n) is 3.89. The maximum Gasteiger partial charge on any atom is 0.431 e. The van der Waals surface area contributed by atoms with Crippen molar-refractivity contribution in [1.82, 2.24) is 10.3 Å². The van der Waals surface area contributed by atoms with Crippen molar-refractivity contribution >= 4 is 11.9 Å². The molecule has 6 nitrogen and oxygen atoms in total. The van der Waals surface area contributed by atoms with E-state index in [4.69, 9.17) is 5.11 Å². The number of carbonyl (C=O) groups excluding carboxylic acids is 1.